The number of imidazole rings is 1. The minimum Gasteiger partial charge on any atom is -0.306 e. The van der Waals surface area contributed by atoms with Gasteiger partial charge in [0.1, 0.15) is 11.3 Å². The van der Waals surface area contributed by atoms with Gasteiger partial charge in [-0.3, -0.25) is 0 Å². The van der Waals surface area contributed by atoms with Gasteiger partial charge in [-0.25, -0.2) is 9.97 Å². The summed E-state index contributed by atoms with van der Waals surface area (Å²) >= 11 is 6.04. The Morgan fingerprint density at radius 2 is 2.00 bits per heavy atom. The lowest BCUT2D eigenvalue weighted by molar-refractivity contribution is 0.324. The molecule has 0 saturated carbocycles. The first-order valence-electron chi connectivity index (χ1n) is 6.41. The number of pyridine rings is 1. The van der Waals surface area contributed by atoms with Gasteiger partial charge >= 0.3 is 0 Å². The molecule has 0 unspecified atom stereocenters. The molecule has 4 heteroatoms. The van der Waals surface area contributed by atoms with Crippen molar-refractivity contribution in [2.75, 3.05) is 0 Å². The average molecular weight is 266 g/mol. The van der Waals surface area contributed by atoms with Gasteiger partial charge in [0.15, 0.2) is 5.65 Å². The molecule has 0 N–H and O–H groups in total. The zero-order valence-electron chi connectivity index (χ0n) is 11.5. The molecule has 2 aromatic rings. The Balaban J connectivity index is 2.69. The number of alkyl halides is 1. The van der Waals surface area contributed by atoms with E-state index in [4.69, 9.17) is 11.6 Å². The van der Waals surface area contributed by atoms with E-state index in [9.17, 15) is 0 Å². The number of nitrogens with zero attached hydrogens (tertiary/aromatic N) is 3. The predicted molar refractivity (Wildman–Crippen MR) is 76.1 cm³/mol. The lowest BCUT2D eigenvalue weighted by atomic mass is 9.98. The molecule has 2 aromatic heterocycles. The number of halogens is 1. The van der Waals surface area contributed by atoms with E-state index in [2.05, 4.69) is 35.3 Å². The van der Waals surface area contributed by atoms with Crippen LogP contribution in [0.3, 0.4) is 0 Å². The minimum absolute atomic E-state index is 0.00544. The van der Waals surface area contributed by atoms with E-state index >= 15 is 0 Å². The van der Waals surface area contributed by atoms with Gasteiger partial charge in [-0.05, 0) is 39.3 Å². The van der Waals surface area contributed by atoms with Crippen LogP contribution in [-0.2, 0) is 11.4 Å². The highest BCUT2D eigenvalue weighted by atomic mass is 35.5. The van der Waals surface area contributed by atoms with Gasteiger partial charge in [0.2, 0.25) is 0 Å². The fourth-order valence-electron chi connectivity index (χ4n) is 2.55. The second-order valence-corrected chi connectivity index (χ2v) is 5.62. The molecule has 0 radical (unpaired) electrons. The van der Waals surface area contributed by atoms with Crippen molar-refractivity contribution in [3.05, 3.63) is 23.7 Å². The normalized spacial score (nSPS) is 12.3. The molecule has 3 nitrogen and oxygen atoms in total. The van der Waals surface area contributed by atoms with Gasteiger partial charge in [-0.2, -0.15) is 0 Å². The average Bonchev–Trinajstić information content (AvgIpc) is 2.67. The molecule has 0 aliphatic rings. The summed E-state index contributed by atoms with van der Waals surface area (Å²) in [6.45, 7) is 8.64. The summed E-state index contributed by atoms with van der Waals surface area (Å²) in [5.41, 5.74) is 2.88. The van der Waals surface area contributed by atoms with Crippen molar-refractivity contribution in [3.8, 4) is 0 Å². The maximum absolute atomic E-state index is 6.04. The Morgan fingerprint density at radius 3 is 2.61 bits per heavy atom. The van der Waals surface area contributed by atoms with Crippen molar-refractivity contribution in [1.82, 2.24) is 14.5 Å². The number of aryl methyl sites for hydroxylation is 1. The van der Waals surface area contributed by atoms with Crippen molar-refractivity contribution >= 4 is 22.8 Å². The molecule has 0 aromatic carbocycles. The van der Waals surface area contributed by atoms with Crippen LogP contribution >= 0.6 is 11.6 Å². The number of hydrogen-bond acceptors (Lipinski definition) is 2. The highest BCUT2D eigenvalue weighted by Crippen LogP contribution is 2.29. The number of rotatable bonds is 4. The first-order valence-corrected chi connectivity index (χ1v) is 6.94. The molecule has 2 rings (SSSR count). The topological polar surface area (TPSA) is 30.7 Å². The van der Waals surface area contributed by atoms with Crippen molar-refractivity contribution < 1.29 is 0 Å². The van der Waals surface area contributed by atoms with E-state index in [0.29, 0.717) is 5.88 Å². The Labute approximate surface area is 113 Å². The van der Waals surface area contributed by atoms with Crippen LogP contribution in [0.2, 0.25) is 0 Å². The molecule has 0 aliphatic heterocycles. The maximum Gasteiger partial charge on any atom is 0.160 e. The Hall–Kier alpha value is -1.09. The van der Waals surface area contributed by atoms with Crippen LogP contribution in [-0.4, -0.2) is 14.5 Å². The SMILES string of the molecule is CCCC(C)(C)n1c(CCl)nc2ccc(C)nc21. The molecular weight excluding hydrogens is 246 g/mol. The van der Waals surface area contributed by atoms with Crippen LogP contribution in [0.15, 0.2) is 12.1 Å². The monoisotopic (exact) mass is 265 g/mol. The van der Waals surface area contributed by atoms with Crippen LogP contribution in [0.5, 0.6) is 0 Å². The number of fused-ring (bicyclic) bond motifs is 1. The summed E-state index contributed by atoms with van der Waals surface area (Å²) in [5.74, 6) is 1.32. The standard InChI is InChI=1S/C14H20ClN3/c1-5-8-14(3,4)18-12(9-15)17-11-7-6-10(2)16-13(11)18/h6-7H,5,8-9H2,1-4H3. The first-order chi connectivity index (χ1) is 8.49. The minimum atomic E-state index is -0.00544. The largest absolute Gasteiger partial charge is 0.306 e. The highest BCUT2D eigenvalue weighted by molar-refractivity contribution is 6.16. The van der Waals surface area contributed by atoms with Crippen LogP contribution < -0.4 is 0 Å². The van der Waals surface area contributed by atoms with Gasteiger partial charge < -0.3 is 4.57 Å². The van der Waals surface area contributed by atoms with Crippen molar-refractivity contribution in [2.45, 2.75) is 52.0 Å². The molecule has 0 aliphatic carbocycles. The zero-order valence-corrected chi connectivity index (χ0v) is 12.3. The van der Waals surface area contributed by atoms with Crippen molar-refractivity contribution in [2.24, 2.45) is 0 Å². The summed E-state index contributed by atoms with van der Waals surface area (Å²) in [6, 6.07) is 4.01. The molecule has 0 saturated heterocycles. The molecule has 0 fully saturated rings. The quantitative estimate of drug-likeness (QED) is 0.782. The molecule has 0 atom stereocenters. The third kappa shape index (κ3) is 2.24. The smallest absolute Gasteiger partial charge is 0.160 e. The Morgan fingerprint density at radius 1 is 1.28 bits per heavy atom. The van der Waals surface area contributed by atoms with Gasteiger partial charge in [0.25, 0.3) is 0 Å². The third-order valence-electron chi connectivity index (χ3n) is 3.30. The third-order valence-corrected chi connectivity index (χ3v) is 3.54. The van der Waals surface area contributed by atoms with E-state index in [1.165, 1.54) is 0 Å². The molecule has 2 heterocycles. The van der Waals surface area contributed by atoms with Gasteiger partial charge in [-0.1, -0.05) is 13.3 Å². The molecular formula is C14H20ClN3. The van der Waals surface area contributed by atoms with Crippen molar-refractivity contribution in [1.29, 1.82) is 0 Å². The zero-order chi connectivity index (χ0) is 13.3. The summed E-state index contributed by atoms with van der Waals surface area (Å²) in [6.07, 6.45) is 2.21. The summed E-state index contributed by atoms with van der Waals surface area (Å²) in [7, 11) is 0. The predicted octanol–water partition coefficient (Wildman–Crippen LogP) is 4.01. The van der Waals surface area contributed by atoms with E-state index in [1.54, 1.807) is 0 Å². The van der Waals surface area contributed by atoms with Gasteiger partial charge in [0.05, 0.1) is 5.88 Å². The van der Waals surface area contributed by atoms with E-state index in [1.807, 2.05) is 19.1 Å². The van der Waals surface area contributed by atoms with Gasteiger partial charge in [0, 0.05) is 11.2 Å². The molecule has 0 spiro atoms. The summed E-state index contributed by atoms with van der Waals surface area (Å²) < 4.78 is 2.20. The van der Waals surface area contributed by atoms with Crippen LogP contribution in [0.1, 0.15) is 45.1 Å². The Bertz CT molecular complexity index is 557. The van der Waals surface area contributed by atoms with Crippen LogP contribution in [0.4, 0.5) is 0 Å². The highest BCUT2D eigenvalue weighted by Gasteiger charge is 2.25. The maximum atomic E-state index is 6.04. The lowest BCUT2D eigenvalue weighted by Crippen LogP contribution is -2.28. The fraction of sp³-hybridized carbons (Fsp3) is 0.571. The summed E-state index contributed by atoms with van der Waals surface area (Å²) in [5, 5.41) is 0. The van der Waals surface area contributed by atoms with Crippen molar-refractivity contribution in [3.63, 3.8) is 0 Å². The van der Waals surface area contributed by atoms with E-state index in [0.717, 1.165) is 35.5 Å². The Kier molecular flexibility index (Phi) is 3.62. The number of hydrogen-bond donors (Lipinski definition) is 0. The van der Waals surface area contributed by atoms with Gasteiger partial charge in [-0.15, -0.1) is 11.6 Å². The second-order valence-electron chi connectivity index (χ2n) is 5.35. The molecule has 0 bridgehead atoms. The van der Waals surface area contributed by atoms with Crippen LogP contribution in [0.25, 0.3) is 11.2 Å². The summed E-state index contributed by atoms with van der Waals surface area (Å²) in [4.78, 5) is 9.22. The van der Waals surface area contributed by atoms with E-state index in [-0.39, 0.29) is 5.54 Å². The number of aromatic nitrogens is 3. The molecule has 98 valence electrons. The van der Waals surface area contributed by atoms with Crippen LogP contribution in [0, 0.1) is 6.92 Å². The molecule has 18 heavy (non-hydrogen) atoms. The van der Waals surface area contributed by atoms with E-state index < -0.39 is 0 Å². The fourth-order valence-corrected chi connectivity index (χ4v) is 2.73. The lowest BCUT2D eigenvalue weighted by Gasteiger charge is -2.28. The first kappa shape index (κ1) is 13.3. The molecule has 0 amide bonds. The second kappa shape index (κ2) is 4.88.